The first-order valence-electron chi connectivity index (χ1n) is 6.14. The molecule has 0 rings (SSSR count). The number of urea groups is 1. The van der Waals surface area contributed by atoms with Crippen molar-refractivity contribution in [2.45, 2.75) is 33.6 Å². The molecule has 0 fully saturated rings. The summed E-state index contributed by atoms with van der Waals surface area (Å²) in [5, 5.41) is 0. The van der Waals surface area contributed by atoms with Crippen LogP contribution >= 0.6 is 0 Å². The summed E-state index contributed by atoms with van der Waals surface area (Å²) in [7, 11) is 0. The quantitative estimate of drug-likeness (QED) is 0.407. The highest BCUT2D eigenvalue weighted by atomic mass is 16.5. The third kappa shape index (κ3) is 6.12. The molecule has 0 atom stereocenters. The maximum Gasteiger partial charge on any atom is 0.336 e. The Morgan fingerprint density at radius 2 is 1.78 bits per heavy atom. The minimum atomic E-state index is -0.646. The van der Waals surface area contributed by atoms with E-state index in [1.807, 2.05) is 6.92 Å². The Hall–Kier alpha value is -1.72. The summed E-state index contributed by atoms with van der Waals surface area (Å²) < 4.78 is 10.0. The summed E-state index contributed by atoms with van der Waals surface area (Å²) in [4.78, 5) is 23.9. The number of esters is 1. The second kappa shape index (κ2) is 9.32. The molecule has 0 radical (unpaired) electrons. The monoisotopic (exact) mass is 258 g/mol. The second-order valence-electron chi connectivity index (χ2n) is 3.51. The molecule has 0 aliphatic carbocycles. The summed E-state index contributed by atoms with van der Waals surface area (Å²) in [5.41, 5.74) is 5.27. The molecule has 2 N–H and O–H groups in total. The molecule has 0 aromatic carbocycles. The number of amides is 2. The minimum Gasteiger partial charge on any atom is -0.479 e. The average molecular weight is 258 g/mol. The molecular formula is C12H22N2O4. The van der Waals surface area contributed by atoms with E-state index in [-0.39, 0.29) is 12.5 Å². The first kappa shape index (κ1) is 16.3. The zero-order valence-electron chi connectivity index (χ0n) is 11.3. The molecule has 18 heavy (non-hydrogen) atoms. The van der Waals surface area contributed by atoms with Crippen molar-refractivity contribution < 1.29 is 19.1 Å². The van der Waals surface area contributed by atoms with E-state index in [1.165, 1.54) is 4.90 Å². The van der Waals surface area contributed by atoms with E-state index >= 15 is 0 Å². The van der Waals surface area contributed by atoms with Crippen molar-refractivity contribution >= 4 is 12.0 Å². The van der Waals surface area contributed by atoms with E-state index in [4.69, 9.17) is 15.2 Å². The van der Waals surface area contributed by atoms with Crippen LogP contribution in [0.4, 0.5) is 4.79 Å². The Morgan fingerprint density at radius 1 is 1.17 bits per heavy atom. The number of ether oxygens (including phenoxy) is 2. The van der Waals surface area contributed by atoms with Crippen LogP contribution in [0, 0.1) is 0 Å². The number of carbonyl (C=O) groups excluding carboxylic acids is 2. The van der Waals surface area contributed by atoms with Crippen LogP contribution in [-0.2, 0) is 14.3 Å². The first-order chi connectivity index (χ1) is 8.56. The van der Waals surface area contributed by atoms with Gasteiger partial charge in [-0.3, -0.25) is 4.90 Å². The van der Waals surface area contributed by atoms with Crippen LogP contribution in [0.1, 0.15) is 33.6 Å². The predicted octanol–water partition coefficient (Wildman–Crippen LogP) is 1.61. The Bertz CT molecular complexity index is 302. The van der Waals surface area contributed by atoms with E-state index in [9.17, 15) is 9.59 Å². The van der Waals surface area contributed by atoms with Gasteiger partial charge in [-0.2, -0.15) is 0 Å². The number of carbonyl (C=O) groups is 2. The van der Waals surface area contributed by atoms with Gasteiger partial charge >= 0.3 is 12.0 Å². The lowest BCUT2D eigenvalue weighted by Gasteiger charge is -2.22. The summed E-state index contributed by atoms with van der Waals surface area (Å²) in [5.74, 6) is -0.416. The van der Waals surface area contributed by atoms with Crippen LogP contribution in [0.25, 0.3) is 0 Å². The van der Waals surface area contributed by atoms with E-state index in [2.05, 4.69) is 0 Å². The van der Waals surface area contributed by atoms with E-state index in [0.717, 1.165) is 18.9 Å². The summed E-state index contributed by atoms with van der Waals surface area (Å²) in [6.45, 7) is 6.47. The number of nitrogens with two attached hydrogens (primary N) is 1. The summed E-state index contributed by atoms with van der Waals surface area (Å²) >= 11 is 0. The maximum absolute atomic E-state index is 11.4. The van der Waals surface area contributed by atoms with Gasteiger partial charge < -0.3 is 15.2 Å². The minimum absolute atomic E-state index is 0.136. The zero-order valence-corrected chi connectivity index (χ0v) is 11.3. The van der Waals surface area contributed by atoms with E-state index in [0.29, 0.717) is 13.2 Å². The van der Waals surface area contributed by atoms with Gasteiger partial charge in [-0.15, -0.1) is 0 Å². The van der Waals surface area contributed by atoms with Gasteiger partial charge in [0.2, 0.25) is 5.88 Å². The lowest BCUT2D eigenvalue weighted by atomic mass is 10.3. The highest BCUT2D eigenvalue weighted by Crippen LogP contribution is 2.09. The maximum atomic E-state index is 11.4. The smallest absolute Gasteiger partial charge is 0.336 e. The molecule has 0 aliphatic rings. The normalized spacial score (nSPS) is 10.9. The van der Waals surface area contributed by atoms with Gasteiger partial charge in [0.15, 0.2) is 0 Å². The molecule has 6 nitrogen and oxygen atoms in total. The van der Waals surface area contributed by atoms with Crippen molar-refractivity contribution in [2.24, 2.45) is 5.73 Å². The average Bonchev–Trinajstić information content (AvgIpc) is 2.29. The summed E-state index contributed by atoms with van der Waals surface area (Å²) in [6, 6.07) is -0.646. The van der Waals surface area contributed by atoms with Gasteiger partial charge in [0.1, 0.15) is 0 Å². The van der Waals surface area contributed by atoms with Crippen molar-refractivity contribution in [1.82, 2.24) is 4.90 Å². The van der Waals surface area contributed by atoms with Gasteiger partial charge in [0, 0.05) is 6.54 Å². The molecule has 0 heterocycles. The van der Waals surface area contributed by atoms with Crippen LogP contribution in [0.15, 0.2) is 12.0 Å². The number of hydrogen-bond donors (Lipinski definition) is 1. The van der Waals surface area contributed by atoms with Crippen LogP contribution < -0.4 is 5.73 Å². The highest BCUT2D eigenvalue weighted by molar-refractivity contribution is 5.84. The number of rotatable bonds is 8. The highest BCUT2D eigenvalue weighted by Gasteiger charge is 2.17. The molecule has 0 unspecified atom stereocenters. The second-order valence-corrected chi connectivity index (χ2v) is 3.51. The summed E-state index contributed by atoms with van der Waals surface area (Å²) in [6.07, 6.45) is 2.83. The van der Waals surface area contributed by atoms with Crippen LogP contribution in [0.3, 0.4) is 0 Å². The Balaban J connectivity index is 4.89. The number of nitrogens with zero attached hydrogens (tertiary/aromatic N) is 1. The molecule has 0 saturated carbocycles. The lowest BCUT2D eigenvalue weighted by Crippen LogP contribution is -2.37. The fourth-order valence-electron chi connectivity index (χ4n) is 1.28. The van der Waals surface area contributed by atoms with Crippen molar-refractivity contribution in [3.8, 4) is 0 Å². The molecule has 0 saturated heterocycles. The molecule has 0 aromatic heterocycles. The Kier molecular flexibility index (Phi) is 8.43. The molecule has 2 amide bonds. The Morgan fingerprint density at radius 3 is 2.22 bits per heavy atom. The third-order valence-corrected chi connectivity index (χ3v) is 2.09. The van der Waals surface area contributed by atoms with Crippen molar-refractivity contribution in [3.63, 3.8) is 0 Å². The van der Waals surface area contributed by atoms with Crippen molar-refractivity contribution in [2.75, 3.05) is 19.8 Å². The standard InChI is InChI=1S/C12H22N2O4/c1-4-7-8-14(12(13)16)10(17-5-2)9-11(15)18-6-3/h9H,4-8H2,1-3H3,(H2,13,16). The fourth-order valence-corrected chi connectivity index (χ4v) is 1.28. The van der Waals surface area contributed by atoms with Crippen LogP contribution in [0.5, 0.6) is 0 Å². The molecule has 6 heteroatoms. The number of hydrogen-bond acceptors (Lipinski definition) is 4. The molecule has 104 valence electrons. The van der Waals surface area contributed by atoms with Crippen LogP contribution in [0.2, 0.25) is 0 Å². The molecule has 0 aliphatic heterocycles. The largest absolute Gasteiger partial charge is 0.479 e. The number of unbranched alkanes of at least 4 members (excludes halogenated alkanes) is 1. The lowest BCUT2D eigenvalue weighted by molar-refractivity contribution is -0.137. The SMILES string of the molecule is CCCCN(C(N)=O)C(=CC(=O)OCC)OCC. The third-order valence-electron chi connectivity index (χ3n) is 2.09. The Labute approximate surface area is 108 Å². The predicted molar refractivity (Wildman–Crippen MR) is 67.5 cm³/mol. The van der Waals surface area contributed by atoms with Gasteiger partial charge in [-0.25, -0.2) is 9.59 Å². The van der Waals surface area contributed by atoms with Crippen LogP contribution in [-0.4, -0.2) is 36.7 Å². The van der Waals surface area contributed by atoms with Gasteiger partial charge in [-0.05, 0) is 20.3 Å². The van der Waals surface area contributed by atoms with Crippen molar-refractivity contribution in [1.29, 1.82) is 0 Å². The molecule has 0 aromatic rings. The van der Waals surface area contributed by atoms with Gasteiger partial charge in [0.25, 0.3) is 0 Å². The van der Waals surface area contributed by atoms with E-state index in [1.54, 1.807) is 13.8 Å². The molecule has 0 spiro atoms. The molecule has 0 bridgehead atoms. The fraction of sp³-hybridized carbons (Fsp3) is 0.667. The first-order valence-corrected chi connectivity index (χ1v) is 6.14. The van der Waals surface area contributed by atoms with E-state index < -0.39 is 12.0 Å². The topological polar surface area (TPSA) is 81.9 Å². The van der Waals surface area contributed by atoms with Crippen molar-refractivity contribution in [3.05, 3.63) is 12.0 Å². The van der Waals surface area contributed by atoms with Gasteiger partial charge in [-0.1, -0.05) is 13.3 Å². The molecular weight excluding hydrogens is 236 g/mol. The number of primary amides is 1. The zero-order chi connectivity index (χ0) is 14.0. The van der Waals surface area contributed by atoms with Gasteiger partial charge in [0.05, 0.1) is 19.3 Å².